The van der Waals surface area contributed by atoms with Crippen LogP contribution in [-0.4, -0.2) is 46.9 Å². The van der Waals surface area contributed by atoms with Crippen molar-refractivity contribution in [3.8, 4) is 0 Å². The summed E-state index contributed by atoms with van der Waals surface area (Å²) in [5, 5.41) is 3.50. The summed E-state index contributed by atoms with van der Waals surface area (Å²) in [5.74, 6) is 0.203. The summed E-state index contributed by atoms with van der Waals surface area (Å²) >= 11 is 7.33. The van der Waals surface area contributed by atoms with Crippen molar-refractivity contribution in [1.82, 2.24) is 15.1 Å². The van der Waals surface area contributed by atoms with Crippen LogP contribution in [0.25, 0.3) is 0 Å². The zero-order valence-corrected chi connectivity index (χ0v) is 18.8. The molecule has 28 heavy (non-hydrogen) atoms. The summed E-state index contributed by atoms with van der Waals surface area (Å²) in [5.41, 5.74) is 0. The van der Waals surface area contributed by atoms with Gasteiger partial charge in [0.2, 0.25) is 5.91 Å². The summed E-state index contributed by atoms with van der Waals surface area (Å²) in [6.07, 6.45) is 10.9. The van der Waals surface area contributed by atoms with Crippen LogP contribution in [0.15, 0.2) is 22.0 Å². The molecule has 158 valence electrons. The van der Waals surface area contributed by atoms with Crippen molar-refractivity contribution >= 4 is 35.3 Å². The number of rotatable bonds is 6. The largest absolute Gasteiger partial charge is 0.343 e. The minimum Gasteiger partial charge on any atom is -0.343 e. The third-order valence-electron chi connectivity index (χ3n) is 5.66. The van der Waals surface area contributed by atoms with Gasteiger partial charge in [-0.25, -0.2) is 4.79 Å². The molecule has 0 bridgehead atoms. The minimum atomic E-state index is -0.0785. The Morgan fingerprint density at radius 3 is 2.25 bits per heavy atom. The molecule has 0 radical (unpaired) electrons. The fraction of sp³-hybridized carbons (Fsp3) is 0.714. The Labute approximate surface area is 178 Å². The van der Waals surface area contributed by atoms with Crippen LogP contribution in [0.3, 0.4) is 0 Å². The highest BCUT2D eigenvalue weighted by Crippen LogP contribution is 2.29. The van der Waals surface area contributed by atoms with Gasteiger partial charge in [-0.1, -0.05) is 68.6 Å². The Morgan fingerprint density at radius 2 is 1.71 bits per heavy atom. The average Bonchev–Trinajstić information content (AvgIpc) is 2.97. The molecule has 1 heterocycles. The van der Waals surface area contributed by atoms with Crippen molar-refractivity contribution in [1.29, 1.82) is 0 Å². The number of carbonyl (C=O) groups excluding carboxylic acids is 2. The number of carbonyl (C=O) groups is 2. The number of nitrogens with zero attached hydrogens (tertiary/aromatic N) is 2. The normalized spacial score (nSPS) is 19.8. The Bertz CT molecular complexity index is 580. The molecule has 2 fully saturated rings. The van der Waals surface area contributed by atoms with E-state index >= 15 is 0 Å². The number of hydrogen-bond acceptors (Lipinski definition) is 3. The van der Waals surface area contributed by atoms with Crippen molar-refractivity contribution in [2.45, 2.75) is 83.7 Å². The molecule has 7 heteroatoms. The minimum absolute atomic E-state index is 0.0785. The van der Waals surface area contributed by atoms with Crippen molar-refractivity contribution in [3.63, 3.8) is 0 Å². The Kier molecular flexibility index (Phi) is 9.72. The number of likely N-dealkylation sites (tertiary alicyclic amines) is 1. The molecule has 1 saturated heterocycles. The highest BCUT2D eigenvalue weighted by molar-refractivity contribution is 8.08. The van der Waals surface area contributed by atoms with E-state index in [2.05, 4.69) is 16.8 Å². The molecule has 1 aliphatic carbocycles. The Balaban J connectivity index is 2.07. The molecule has 0 spiro atoms. The van der Waals surface area contributed by atoms with Crippen LogP contribution in [-0.2, 0) is 4.79 Å². The summed E-state index contributed by atoms with van der Waals surface area (Å²) in [6.45, 7) is 9.16. The van der Waals surface area contributed by atoms with Crippen LogP contribution >= 0.6 is 23.4 Å². The zero-order chi connectivity index (χ0) is 20.5. The van der Waals surface area contributed by atoms with Crippen LogP contribution in [0, 0.1) is 0 Å². The topological polar surface area (TPSA) is 52.7 Å². The van der Waals surface area contributed by atoms with Crippen molar-refractivity contribution < 1.29 is 9.59 Å². The van der Waals surface area contributed by atoms with Crippen LogP contribution in [0.2, 0.25) is 0 Å². The van der Waals surface area contributed by atoms with E-state index in [4.69, 9.17) is 11.6 Å². The van der Waals surface area contributed by atoms with Crippen molar-refractivity contribution in [3.05, 3.63) is 22.0 Å². The molecule has 5 nitrogen and oxygen atoms in total. The van der Waals surface area contributed by atoms with Crippen LogP contribution in [0.5, 0.6) is 0 Å². The number of thioether (sulfide) groups is 1. The van der Waals surface area contributed by atoms with Gasteiger partial charge in [0.05, 0.1) is 9.39 Å². The number of nitrogens with one attached hydrogen (secondary N) is 1. The highest BCUT2D eigenvalue weighted by atomic mass is 35.5. The highest BCUT2D eigenvalue weighted by Gasteiger charge is 2.34. The SMILES string of the molecule is C=C(NC(=O)N(C1CCCCCC1)C1CCN(C(=O)CC)CC1)S/C(Cl)=C\C. The van der Waals surface area contributed by atoms with Crippen LogP contribution in [0.4, 0.5) is 4.79 Å². The van der Waals surface area contributed by atoms with Gasteiger partial charge in [0.15, 0.2) is 0 Å². The van der Waals surface area contributed by atoms with Gasteiger partial charge in [-0.15, -0.1) is 0 Å². The molecular weight excluding hydrogens is 394 g/mol. The lowest BCUT2D eigenvalue weighted by atomic mass is 9.98. The fourth-order valence-corrected chi connectivity index (χ4v) is 4.94. The predicted molar refractivity (Wildman–Crippen MR) is 118 cm³/mol. The van der Waals surface area contributed by atoms with E-state index in [1.165, 1.54) is 37.4 Å². The predicted octanol–water partition coefficient (Wildman–Crippen LogP) is 5.43. The van der Waals surface area contributed by atoms with Gasteiger partial charge < -0.3 is 15.1 Å². The second kappa shape index (κ2) is 11.8. The first-order valence-corrected chi connectivity index (χ1v) is 11.7. The van der Waals surface area contributed by atoms with Gasteiger partial charge in [0, 0.05) is 31.6 Å². The number of piperidine rings is 1. The van der Waals surface area contributed by atoms with E-state index in [1.807, 2.05) is 18.7 Å². The maximum Gasteiger partial charge on any atom is 0.322 e. The van der Waals surface area contributed by atoms with Gasteiger partial charge in [-0.3, -0.25) is 4.79 Å². The second-order valence-electron chi connectivity index (χ2n) is 7.57. The molecule has 0 atom stereocenters. The van der Waals surface area contributed by atoms with Gasteiger partial charge in [-0.05, 0) is 32.6 Å². The number of allylic oxidation sites excluding steroid dienone is 1. The maximum atomic E-state index is 13.2. The first-order valence-electron chi connectivity index (χ1n) is 10.5. The summed E-state index contributed by atoms with van der Waals surface area (Å²) in [4.78, 5) is 29.2. The summed E-state index contributed by atoms with van der Waals surface area (Å²) < 4.78 is 0.595. The molecule has 1 N–H and O–H groups in total. The number of urea groups is 1. The standard InChI is InChI=1S/C21H34ClN3O2S/c1-4-19(22)28-16(3)23-21(27)25(17-10-8-6-7-9-11-17)18-12-14-24(15-13-18)20(26)5-2/h4,17-18H,3,5-15H2,1-2H3,(H,23,27)/b19-4-. The first kappa shape index (κ1) is 23.1. The summed E-state index contributed by atoms with van der Waals surface area (Å²) in [7, 11) is 0. The van der Waals surface area contributed by atoms with E-state index in [0.29, 0.717) is 15.8 Å². The first-order chi connectivity index (χ1) is 13.5. The molecule has 1 aliphatic heterocycles. The smallest absolute Gasteiger partial charge is 0.322 e. The Morgan fingerprint density at radius 1 is 1.14 bits per heavy atom. The molecule has 2 aliphatic rings. The second-order valence-corrected chi connectivity index (χ2v) is 9.33. The van der Waals surface area contributed by atoms with Crippen molar-refractivity contribution in [2.75, 3.05) is 13.1 Å². The number of hydrogen-bond donors (Lipinski definition) is 1. The van der Waals surface area contributed by atoms with E-state index in [0.717, 1.165) is 38.8 Å². The van der Waals surface area contributed by atoms with Gasteiger partial charge in [0.1, 0.15) is 0 Å². The number of amides is 3. The lowest BCUT2D eigenvalue weighted by Gasteiger charge is -2.42. The average molecular weight is 428 g/mol. The monoisotopic (exact) mass is 427 g/mol. The third-order valence-corrected chi connectivity index (χ3v) is 6.89. The van der Waals surface area contributed by atoms with Crippen LogP contribution < -0.4 is 5.32 Å². The summed E-state index contributed by atoms with van der Waals surface area (Å²) in [6, 6.07) is 0.347. The van der Waals surface area contributed by atoms with Crippen LogP contribution in [0.1, 0.15) is 71.6 Å². The zero-order valence-electron chi connectivity index (χ0n) is 17.2. The fourth-order valence-electron chi connectivity index (χ4n) is 4.17. The molecule has 0 aromatic rings. The van der Waals surface area contributed by atoms with Gasteiger partial charge in [0.25, 0.3) is 0 Å². The number of halogens is 1. The van der Waals surface area contributed by atoms with E-state index in [-0.39, 0.29) is 24.0 Å². The van der Waals surface area contributed by atoms with E-state index in [1.54, 1.807) is 6.08 Å². The quantitative estimate of drug-likeness (QED) is 0.575. The molecule has 0 unspecified atom stereocenters. The lowest BCUT2D eigenvalue weighted by molar-refractivity contribution is -0.132. The van der Waals surface area contributed by atoms with Gasteiger partial charge >= 0.3 is 6.03 Å². The van der Waals surface area contributed by atoms with E-state index in [9.17, 15) is 9.59 Å². The molecule has 1 saturated carbocycles. The molecule has 2 rings (SSSR count). The maximum absolute atomic E-state index is 13.2. The molecular formula is C21H34ClN3O2S. The Hall–Kier alpha value is -1.14. The molecule has 0 aromatic carbocycles. The molecule has 0 aromatic heterocycles. The molecule has 3 amide bonds. The van der Waals surface area contributed by atoms with E-state index < -0.39 is 0 Å². The lowest BCUT2D eigenvalue weighted by Crippen LogP contribution is -2.55. The van der Waals surface area contributed by atoms with Crippen molar-refractivity contribution in [2.24, 2.45) is 0 Å². The third kappa shape index (κ3) is 6.73. The van der Waals surface area contributed by atoms with Gasteiger partial charge in [-0.2, -0.15) is 0 Å².